The zero-order valence-electron chi connectivity index (χ0n) is 12.5. The Balaban J connectivity index is 1.31. The molecule has 1 heterocycles. The fourth-order valence-electron chi connectivity index (χ4n) is 6.11. The molecule has 0 amide bonds. The zero-order valence-corrected chi connectivity index (χ0v) is 12.5. The van der Waals surface area contributed by atoms with Crippen LogP contribution in [0.3, 0.4) is 0 Å². The average Bonchev–Trinajstić information content (AvgIpc) is 2.85. The lowest BCUT2D eigenvalue weighted by Gasteiger charge is -2.54. The smallest absolute Gasteiger partial charge is 0.0204 e. The van der Waals surface area contributed by atoms with Crippen molar-refractivity contribution in [2.45, 2.75) is 51.0 Å². The molecule has 1 N–H and O–H groups in total. The molecular formula is C17H30N2. The van der Waals surface area contributed by atoms with Crippen LogP contribution in [0.4, 0.5) is 0 Å². The first-order chi connectivity index (χ1) is 9.31. The fourth-order valence-corrected chi connectivity index (χ4v) is 6.11. The molecule has 5 rings (SSSR count). The van der Waals surface area contributed by atoms with E-state index in [1.165, 1.54) is 32.5 Å². The van der Waals surface area contributed by atoms with Crippen LogP contribution in [-0.2, 0) is 0 Å². The predicted octanol–water partition coefficient (Wildman–Crippen LogP) is 2.74. The third kappa shape index (κ3) is 2.35. The molecule has 4 bridgehead atoms. The summed E-state index contributed by atoms with van der Waals surface area (Å²) in [5.74, 6) is 5.62. The normalized spacial score (nSPS) is 49.1. The van der Waals surface area contributed by atoms with Gasteiger partial charge in [-0.3, -0.25) is 0 Å². The largest absolute Gasteiger partial charge is 0.316 e. The molecule has 2 heteroatoms. The molecule has 1 saturated heterocycles. The fraction of sp³-hybridized carbons (Fsp3) is 1.00. The summed E-state index contributed by atoms with van der Waals surface area (Å²) in [6.07, 6.45) is 10.8. The lowest BCUT2D eigenvalue weighted by molar-refractivity contribution is -0.0420. The van der Waals surface area contributed by atoms with E-state index in [9.17, 15) is 0 Å². The summed E-state index contributed by atoms with van der Waals surface area (Å²) < 4.78 is 0. The van der Waals surface area contributed by atoms with E-state index >= 15 is 0 Å². The van der Waals surface area contributed by atoms with Crippen molar-refractivity contribution >= 4 is 0 Å². The van der Waals surface area contributed by atoms with E-state index in [-0.39, 0.29) is 0 Å². The van der Waals surface area contributed by atoms with Gasteiger partial charge >= 0.3 is 0 Å². The van der Waals surface area contributed by atoms with Crippen molar-refractivity contribution in [2.75, 3.05) is 26.7 Å². The molecule has 0 radical (unpaired) electrons. The standard InChI is InChI=1S/C17H30N2/c1-18-16-2-4-19(11-16)5-3-17-14-7-12-6-13(9-14)10-15(17)8-12/h12-18H,2-11H2,1H3. The molecule has 0 spiro atoms. The molecule has 108 valence electrons. The quantitative estimate of drug-likeness (QED) is 0.838. The van der Waals surface area contributed by atoms with Gasteiger partial charge in [0, 0.05) is 12.6 Å². The maximum Gasteiger partial charge on any atom is 0.0204 e. The first-order valence-corrected chi connectivity index (χ1v) is 8.71. The third-order valence-electron chi connectivity index (χ3n) is 6.88. The van der Waals surface area contributed by atoms with Gasteiger partial charge in [0.25, 0.3) is 0 Å². The Hall–Kier alpha value is -0.0800. The number of hydrogen-bond donors (Lipinski definition) is 1. The molecule has 1 unspecified atom stereocenters. The van der Waals surface area contributed by atoms with Gasteiger partial charge < -0.3 is 10.2 Å². The number of hydrogen-bond acceptors (Lipinski definition) is 2. The lowest BCUT2D eigenvalue weighted by atomic mass is 9.51. The van der Waals surface area contributed by atoms with Crippen molar-refractivity contribution in [3.63, 3.8) is 0 Å². The SMILES string of the molecule is CNC1CCN(CCC2C3CC4CC(C3)CC2C4)C1. The van der Waals surface area contributed by atoms with E-state index in [1.54, 1.807) is 32.1 Å². The summed E-state index contributed by atoms with van der Waals surface area (Å²) in [6, 6.07) is 0.762. The minimum Gasteiger partial charge on any atom is -0.316 e. The van der Waals surface area contributed by atoms with E-state index in [4.69, 9.17) is 0 Å². The summed E-state index contributed by atoms with van der Waals surface area (Å²) in [5.41, 5.74) is 0. The van der Waals surface area contributed by atoms with E-state index in [1.807, 2.05) is 0 Å². The van der Waals surface area contributed by atoms with Crippen LogP contribution in [-0.4, -0.2) is 37.6 Å². The van der Waals surface area contributed by atoms with Crippen molar-refractivity contribution in [3.8, 4) is 0 Å². The van der Waals surface area contributed by atoms with Crippen molar-refractivity contribution in [1.29, 1.82) is 0 Å². The summed E-state index contributed by atoms with van der Waals surface area (Å²) in [6.45, 7) is 4.01. The van der Waals surface area contributed by atoms with Crippen molar-refractivity contribution in [1.82, 2.24) is 10.2 Å². The van der Waals surface area contributed by atoms with Crippen LogP contribution >= 0.6 is 0 Å². The van der Waals surface area contributed by atoms with Gasteiger partial charge in [-0.05, 0) is 94.7 Å². The van der Waals surface area contributed by atoms with Crippen LogP contribution < -0.4 is 5.32 Å². The molecule has 2 nitrogen and oxygen atoms in total. The maximum atomic E-state index is 3.44. The Labute approximate surface area is 118 Å². The molecule has 0 aromatic heterocycles. The minimum absolute atomic E-state index is 0.762. The van der Waals surface area contributed by atoms with Crippen LogP contribution in [0.15, 0.2) is 0 Å². The van der Waals surface area contributed by atoms with E-state index in [2.05, 4.69) is 17.3 Å². The van der Waals surface area contributed by atoms with Crippen LogP contribution in [0.2, 0.25) is 0 Å². The molecule has 1 aliphatic heterocycles. The molecule has 4 aliphatic carbocycles. The molecule has 0 aromatic rings. The van der Waals surface area contributed by atoms with Gasteiger partial charge in [0.1, 0.15) is 0 Å². The highest BCUT2D eigenvalue weighted by atomic mass is 15.2. The highest BCUT2D eigenvalue weighted by Gasteiger charge is 2.47. The van der Waals surface area contributed by atoms with Gasteiger partial charge in [0.05, 0.1) is 0 Å². The molecule has 19 heavy (non-hydrogen) atoms. The maximum absolute atomic E-state index is 3.44. The number of nitrogens with one attached hydrogen (secondary N) is 1. The van der Waals surface area contributed by atoms with E-state index in [0.29, 0.717) is 0 Å². The molecule has 5 aliphatic rings. The van der Waals surface area contributed by atoms with Gasteiger partial charge in [0.2, 0.25) is 0 Å². The highest BCUT2D eigenvalue weighted by molar-refractivity contribution is 4.98. The molecule has 0 aromatic carbocycles. The van der Waals surface area contributed by atoms with E-state index in [0.717, 1.165) is 35.6 Å². The Bertz CT molecular complexity index is 299. The minimum atomic E-state index is 0.762. The number of likely N-dealkylation sites (N-methyl/N-ethyl adjacent to an activating group) is 1. The average molecular weight is 262 g/mol. The first kappa shape index (κ1) is 12.6. The third-order valence-corrected chi connectivity index (χ3v) is 6.88. The number of nitrogens with zero attached hydrogens (tertiary/aromatic N) is 1. The van der Waals surface area contributed by atoms with Gasteiger partial charge in [-0.15, -0.1) is 0 Å². The summed E-state index contributed by atoms with van der Waals surface area (Å²) in [5, 5.41) is 3.44. The Morgan fingerprint density at radius 2 is 1.68 bits per heavy atom. The second-order valence-corrected chi connectivity index (χ2v) is 7.96. The van der Waals surface area contributed by atoms with Crippen molar-refractivity contribution in [2.24, 2.45) is 29.6 Å². The summed E-state index contributed by atoms with van der Waals surface area (Å²) in [4.78, 5) is 2.71. The number of likely N-dealkylation sites (tertiary alicyclic amines) is 1. The van der Waals surface area contributed by atoms with Crippen LogP contribution in [0.5, 0.6) is 0 Å². The molecule has 4 saturated carbocycles. The first-order valence-electron chi connectivity index (χ1n) is 8.71. The van der Waals surface area contributed by atoms with Crippen LogP contribution in [0.1, 0.15) is 44.9 Å². The van der Waals surface area contributed by atoms with Gasteiger partial charge in [-0.25, -0.2) is 0 Å². The second kappa shape index (κ2) is 5.04. The van der Waals surface area contributed by atoms with Gasteiger partial charge in [0.15, 0.2) is 0 Å². The van der Waals surface area contributed by atoms with Gasteiger partial charge in [-0.2, -0.15) is 0 Å². The lowest BCUT2D eigenvalue weighted by Crippen LogP contribution is -2.46. The van der Waals surface area contributed by atoms with Gasteiger partial charge in [-0.1, -0.05) is 0 Å². The second-order valence-electron chi connectivity index (χ2n) is 7.96. The van der Waals surface area contributed by atoms with Crippen molar-refractivity contribution < 1.29 is 0 Å². The Morgan fingerprint density at radius 1 is 1.00 bits per heavy atom. The topological polar surface area (TPSA) is 15.3 Å². The number of rotatable bonds is 4. The van der Waals surface area contributed by atoms with Crippen molar-refractivity contribution in [3.05, 3.63) is 0 Å². The van der Waals surface area contributed by atoms with Crippen LogP contribution in [0.25, 0.3) is 0 Å². The summed E-state index contributed by atoms with van der Waals surface area (Å²) >= 11 is 0. The van der Waals surface area contributed by atoms with Crippen LogP contribution in [0, 0.1) is 29.6 Å². The Morgan fingerprint density at radius 3 is 2.26 bits per heavy atom. The summed E-state index contributed by atoms with van der Waals surface area (Å²) in [7, 11) is 2.12. The van der Waals surface area contributed by atoms with E-state index < -0.39 is 0 Å². The predicted molar refractivity (Wildman–Crippen MR) is 79.1 cm³/mol. The molecule has 5 fully saturated rings. The Kier molecular flexibility index (Phi) is 3.35. The molecule has 1 atom stereocenters. The highest BCUT2D eigenvalue weighted by Crippen LogP contribution is 2.57. The molecular weight excluding hydrogens is 232 g/mol. The zero-order chi connectivity index (χ0) is 12.8. The monoisotopic (exact) mass is 262 g/mol.